The highest BCUT2D eigenvalue weighted by atomic mass is 32.2. The lowest BCUT2D eigenvalue weighted by Crippen LogP contribution is -2.43. The molecular formula is C14H22N2O3S. The van der Waals surface area contributed by atoms with Crippen LogP contribution in [-0.4, -0.2) is 37.5 Å². The van der Waals surface area contributed by atoms with Crippen LogP contribution in [-0.2, 0) is 10.2 Å². The van der Waals surface area contributed by atoms with Crippen molar-refractivity contribution in [3.05, 3.63) is 29.3 Å². The molecule has 6 heteroatoms. The lowest BCUT2D eigenvalue weighted by Gasteiger charge is -2.31. The van der Waals surface area contributed by atoms with Crippen molar-refractivity contribution in [1.82, 2.24) is 4.31 Å². The monoisotopic (exact) mass is 298 g/mol. The Bertz CT molecular complexity index is 572. The summed E-state index contributed by atoms with van der Waals surface area (Å²) in [5.74, 6) is 0.0417. The first-order valence-electron chi connectivity index (χ1n) is 6.88. The minimum atomic E-state index is -3.54. The van der Waals surface area contributed by atoms with Crippen LogP contribution in [0.5, 0.6) is 0 Å². The molecule has 2 rings (SSSR count). The van der Waals surface area contributed by atoms with E-state index >= 15 is 0 Å². The van der Waals surface area contributed by atoms with Gasteiger partial charge in [-0.15, -0.1) is 0 Å². The van der Waals surface area contributed by atoms with Gasteiger partial charge in [0.1, 0.15) is 0 Å². The number of nitrogens with one attached hydrogen (secondary N) is 1. The van der Waals surface area contributed by atoms with Gasteiger partial charge in [0.2, 0.25) is 0 Å². The molecule has 1 aromatic carbocycles. The number of benzene rings is 1. The number of anilines is 1. The highest BCUT2D eigenvalue weighted by molar-refractivity contribution is 7.90. The van der Waals surface area contributed by atoms with Crippen LogP contribution in [0.4, 0.5) is 5.69 Å². The third-order valence-electron chi connectivity index (χ3n) is 3.83. The Morgan fingerprint density at radius 1 is 1.35 bits per heavy atom. The number of rotatable bonds is 4. The third kappa shape index (κ3) is 3.50. The van der Waals surface area contributed by atoms with Crippen molar-refractivity contribution in [2.24, 2.45) is 5.92 Å². The first kappa shape index (κ1) is 15.3. The molecule has 1 unspecified atom stereocenters. The van der Waals surface area contributed by atoms with Crippen molar-refractivity contribution in [3.63, 3.8) is 0 Å². The van der Waals surface area contributed by atoms with E-state index in [9.17, 15) is 13.5 Å². The second-order valence-corrected chi connectivity index (χ2v) is 7.13. The zero-order chi connectivity index (χ0) is 14.8. The fraction of sp³-hybridized carbons (Fsp3) is 0.571. The van der Waals surface area contributed by atoms with E-state index in [-0.39, 0.29) is 12.5 Å². The number of aryl methyl sites for hydroxylation is 2. The molecule has 1 fully saturated rings. The first-order chi connectivity index (χ1) is 9.42. The zero-order valence-corrected chi connectivity index (χ0v) is 12.8. The summed E-state index contributed by atoms with van der Waals surface area (Å²) in [4.78, 5) is 0. The average Bonchev–Trinajstić information content (AvgIpc) is 2.43. The maximum atomic E-state index is 12.3. The molecule has 0 amide bonds. The van der Waals surface area contributed by atoms with Crippen molar-refractivity contribution < 1.29 is 13.5 Å². The van der Waals surface area contributed by atoms with Gasteiger partial charge in [-0.3, -0.25) is 4.72 Å². The Kier molecular flexibility index (Phi) is 4.67. The lowest BCUT2D eigenvalue weighted by atomic mass is 10.0. The maximum Gasteiger partial charge on any atom is 0.301 e. The van der Waals surface area contributed by atoms with Crippen molar-refractivity contribution in [1.29, 1.82) is 0 Å². The minimum absolute atomic E-state index is 0.0374. The molecule has 1 saturated heterocycles. The molecule has 1 aliphatic rings. The highest BCUT2D eigenvalue weighted by Gasteiger charge is 2.28. The molecular weight excluding hydrogens is 276 g/mol. The molecule has 0 radical (unpaired) electrons. The molecule has 0 aliphatic carbocycles. The van der Waals surface area contributed by atoms with Gasteiger partial charge in [0.25, 0.3) is 0 Å². The molecule has 1 aromatic rings. The van der Waals surface area contributed by atoms with E-state index < -0.39 is 10.2 Å². The molecule has 112 valence electrons. The van der Waals surface area contributed by atoms with E-state index in [2.05, 4.69) is 4.72 Å². The Morgan fingerprint density at radius 3 is 2.75 bits per heavy atom. The summed E-state index contributed by atoms with van der Waals surface area (Å²) in [5, 5.41) is 9.19. The second-order valence-electron chi connectivity index (χ2n) is 5.45. The van der Waals surface area contributed by atoms with Crippen LogP contribution in [0.3, 0.4) is 0 Å². The normalized spacial score (nSPS) is 20.9. The van der Waals surface area contributed by atoms with Crippen LogP contribution in [0, 0.1) is 19.8 Å². The number of aliphatic hydroxyl groups excluding tert-OH is 1. The molecule has 1 heterocycles. The summed E-state index contributed by atoms with van der Waals surface area (Å²) in [6.45, 7) is 4.88. The summed E-state index contributed by atoms with van der Waals surface area (Å²) in [7, 11) is -3.54. The van der Waals surface area contributed by atoms with Gasteiger partial charge >= 0.3 is 10.2 Å². The van der Waals surface area contributed by atoms with E-state index in [1.165, 1.54) is 4.31 Å². The van der Waals surface area contributed by atoms with Crippen LogP contribution < -0.4 is 4.72 Å². The van der Waals surface area contributed by atoms with Gasteiger partial charge in [0.15, 0.2) is 0 Å². The predicted molar refractivity (Wildman–Crippen MR) is 79.8 cm³/mol. The smallest absolute Gasteiger partial charge is 0.301 e. The van der Waals surface area contributed by atoms with Crippen LogP contribution in [0.2, 0.25) is 0 Å². The molecule has 20 heavy (non-hydrogen) atoms. The van der Waals surface area contributed by atoms with Gasteiger partial charge in [0.05, 0.1) is 5.69 Å². The van der Waals surface area contributed by atoms with Crippen molar-refractivity contribution in [2.45, 2.75) is 26.7 Å². The quantitative estimate of drug-likeness (QED) is 0.888. The van der Waals surface area contributed by atoms with Crippen LogP contribution >= 0.6 is 0 Å². The summed E-state index contributed by atoms with van der Waals surface area (Å²) >= 11 is 0. The van der Waals surface area contributed by atoms with E-state index in [0.717, 1.165) is 24.0 Å². The molecule has 5 nitrogen and oxygen atoms in total. The van der Waals surface area contributed by atoms with Crippen LogP contribution in [0.25, 0.3) is 0 Å². The Morgan fingerprint density at radius 2 is 2.10 bits per heavy atom. The predicted octanol–water partition coefficient (Wildman–Crippen LogP) is 1.66. The van der Waals surface area contributed by atoms with Gasteiger partial charge in [-0.1, -0.05) is 6.07 Å². The number of hydrogen-bond acceptors (Lipinski definition) is 3. The molecule has 1 aliphatic heterocycles. The van der Waals surface area contributed by atoms with Gasteiger partial charge < -0.3 is 5.11 Å². The second kappa shape index (κ2) is 6.11. The van der Waals surface area contributed by atoms with E-state index in [1.807, 2.05) is 26.0 Å². The topological polar surface area (TPSA) is 69.6 Å². The Labute approximate surface area is 120 Å². The SMILES string of the molecule is Cc1ccc(NS(=O)(=O)N2CCCC(CO)C2)cc1C. The Balaban J connectivity index is 2.12. The Hall–Kier alpha value is -1.11. The van der Waals surface area contributed by atoms with Crippen molar-refractivity contribution in [2.75, 3.05) is 24.4 Å². The third-order valence-corrected chi connectivity index (χ3v) is 5.34. The molecule has 1 atom stereocenters. The molecule has 0 bridgehead atoms. The van der Waals surface area contributed by atoms with Gasteiger partial charge in [-0.2, -0.15) is 12.7 Å². The maximum absolute atomic E-state index is 12.3. The summed E-state index contributed by atoms with van der Waals surface area (Å²) < 4.78 is 28.7. The number of hydrogen-bond donors (Lipinski definition) is 2. The fourth-order valence-electron chi connectivity index (χ4n) is 2.41. The van der Waals surface area contributed by atoms with Gasteiger partial charge in [-0.25, -0.2) is 0 Å². The molecule has 0 aromatic heterocycles. The standard InChI is InChI=1S/C14H22N2O3S/c1-11-5-6-14(8-12(11)2)15-20(18,19)16-7-3-4-13(9-16)10-17/h5-6,8,13,15,17H,3-4,7,9-10H2,1-2H3. The van der Waals surface area contributed by atoms with Crippen molar-refractivity contribution in [3.8, 4) is 0 Å². The molecule has 0 saturated carbocycles. The largest absolute Gasteiger partial charge is 0.396 e. The summed E-state index contributed by atoms with van der Waals surface area (Å²) in [6.07, 6.45) is 1.67. The number of nitrogens with zero attached hydrogens (tertiary/aromatic N) is 1. The summed E-state index contributed by atoms with van der Waals surface area (Å²) in [5.41, 5.74) is 2.77. The van der Waals surface area contributed by atoms with Crippen LogP contribution in [0.15, 0.2) is 18.2 Å². The summed E-state index contributed by atoms with van der Waals surface area (Å²) in [6, 6.07) is 5.51. The first-order valence-corrected chi connectivity index (χ1v) is 8.32. The highest BCUT2D eigenvalue weighted by Crippen LogP contribution is 2.21. The van der Waals surface area contributed by atoms with Crippen molar-refractivity contribution >= 4 is 15.9 Å². The fourth-order valence-corrected chi connectivity index (χ4v) is 3.74. The molecule has 2 N–H and O–H groups in total. The number of aliphatic hydroxyl groups is 1. The van der Waals surface area contributed by atoms with E-state index in [0.29, 0.717) is 18.8 Å². The average molecular weight is 298 g/mol. The van der Waals surface area contributed by atoms with E-state index in [4.69, 9.17) is 0 Å². The van der Waals surface area contributed by atoms with E-state index in [1.54, 1.807) is 6.07 Å². The molecule has 0 spiro atoms. The number of piperidine rings is 1. The lowest BCUT2D eigenvalue weighted by molar-refractivity contribution is 0.166. The zero-order valence-electron chi connectivity index (χ0n) is 12.0. The minimum Gasteiger partial charge on any atom is -0.396 e. The van der Waals surface area contributed by atoms with Gasteiger partial charge in [0, 0.05) is 19.7 Å². The van der Waals surface area contributed by atoms with Crippen LogP contribution in [0.1, 0.15) is 24.0 Å². The van der Waals surface area contributed by atoms with Gasteiger partial charge in [-0.05, 0) is 55.9 Å².